The Hall–Kier alpha value is -1.37. The molecule has 0 atom stereocenters. The lowest BCUT2D eigenvalue weighted by atomic mass is 10.1. The van der Waals surface area contributed by atoms with Crippen molar-refractivity contribution in [2.45, 2.75) is 19.8 Å². The Morgan fingerprint density at radius 3 is 2.70 bits per heavy atom. The van der Waals surface area contributed by atoms with E-state index in [9.17, 15) is 0 Å². The molecule has 5 nitrogen and oxygen atoms in total. The fraction of sp³-hybridized carbons (Fsp3) is 0.231. The van der Waals surface area contributed by atoms with Gasteiger partial charge in [-0.1, -0.05) is 24.9 Å². The second-order valence-electron chi connectivity index (χ2n) is 4.19. The molecule has 0 amide bonds. The number of nitrogens with one attached hydrogen (secondary N) is 2. The molecule has 0 radical (unpaired) electrons. The van der Waals surface area contributed by atoms with Crippen LogP contribution in [0.1, 0.15) is 18.9 Å². The highest BCUT2D eigenvalue weighted by molar-refractivity contribution is 9.10. The van der Waals surface area contributed by atoms with Crippen LogP contribution in [0.3, 0.4) is 0 Å². The smallest absolute Gasteiger partial charge is 0.148 e. The van der Waals surface area contributed by atoms with Gasteiger partial charge in [0.2, 0.25) is 0 Å². The zero-order chi connectivity index (χ0) is 14.5. The fourth-order valence-corrected chi connectivity index (χ4v) is 2.63. The van der Waals surface area contributed by atoms with E-state index >= 15 is 0 Å². The first-order valence-electron chi connectivity index (χ1n) is 6.18. The number of aromatic nitrogens is 2. The van der Waals surface area contributed by atoms with Crippen molar-refractivity contribution in [3.63, 3.8) is 0 Å². The van der Waals surface area contributed by atoms with Crippen molar-refractivity contribution in [1.29, 1.82) is 0 Å². The van der Waals surface area contributed by atoms with Crippen LogP contribution in [-0.4, -0.2) is 9.97 Å². The molecule has 1 aromatic heterocycles. The summed E-state index contributed by atoms with van der Waals surface area (Å²) in [7, 11) is 0. The molecule has 2 aromatic rings. The second-order valence-corrected chi connectivity index (χ2v) is 5.48. The minimum atomic E-state index is 0.634. The summed E-state index contributed by atoms with van der Waals surface area (Å²) in [4.78, 5) is 8.43. The number of nitrogen functional groups attached to an aromatic ring is 1. The lowest BCUT2D eigenvalue weighted by molar-refractivity contribution is 0.903. The highest BCUT2D eigenvalue weighted by Crippen LogP contribution is 2.30. The Morgan fingerprint density at radius 1 is 1.30 bits per heavy atom. The van der Waals surface area contributed by atoms with E-state index in [4.69, 9.17) is 17.4 Å². The number of benzene rings is 1. The predicted octanol–water partition coefficient (Wildman–Crippen LogP) is 3.87. The molecule has 0 saturated heterocycles. The molecule has 1 heterocycles. The molecule has 0 saturated carbocycles. The maximum atomic E-state index is 5.94. The number of anilines is 3. The normalized spacial score (nSPS) is 10.4. The van der Waals surface area contributed by atoms with Crippen molar-refractivity contribution in [1.82, 2.24) is 9.97 Å². The van der Waals surface area contributed by atoms with Crippen molar-refractivity contribution in [2.75, 3.05) is 10.7 Å². The third-order valence-corrected chi connectivity index (χ3v) is 3.66. The molecule has 20 heavy (non-hydrogen) atoms. The Bertz CT molecular complexity index is 605. The van der Waals surface area contributed by atoms with Crippen molar-refractivity contribution in [3.05, 3.63) is 39.6 Å². The van der Waals surface area contributed by atoms with Gasteiger partial charge in [-0.15, -0.1) is 0 Å². The Balaban J connectivity index is 2.37. The Labute approximate surface area is 131 Å². The van der Waals surface area contributed by atoms with Crippen molar-refractivity contribution >= 4 is 44.9 Å². The van der Waals surface area contributed by atoms with Crippen LogP contribution in [0.2, 0.25) is 5.02 Å². The van der Waals surface area contributed by atoms with Crippen molar-refractivity contribution in [2.24, 2.45) is 5.84 Å². The van der Waals surface area contributed by atoms with Crippen molar-refractivity contribution < 1.29 is 0 Å². The summed E-state index contributed by atoms with van der Waals surface area (Å²) in [6, 6.07) is 5.53. The molecule has 4 N–H and O–H groups in total. The largest absolute Gasteiger partial charge is 0.339 e. The van der Waals surface area contributed by atoms with E-state index in [1.165, 1.54) is 6.33 Å². The first-order chi connectivity index (χ1) is 9.65. The predicted molar refractivity (Wildman–Crippen MR) is 86.3 cm³/mol. The van der Waals surface area contributed by atoms with Crippen LogP contribution < -0.4 is 16.6 Å². The van der Waals surface area contributed by atoms with Gasteiger partial charge in [-0.25, -0.2) is 15.8 Å². The third-order valence-electron chi connectivity index (χ3n) is 2.77. The number of nitrogens with zero attached hydrogens (tertiary/aromatic N) is 2. The SMILES string of the molecule is CCCc1c(NN)ncnc1Nc1ccc(Cl)cc1Br. The number of nitrogens with two attached hydrogens (primary N) is 1. The molecule has 0 aliphatic rings. The second kappa shape index (κ2) is 6.88. The molecule has 0 unspecified atom stereocenters. The number of rotatable bonds is 5. The summed E-state index contributed by atoms with van der Waals surface area (Å²) in [6.07, 6.45) is 3.27. The van der Waals surface area contributed by atoms with E-state index in [1.54, 1.807) is 0 Å². The first kappa shape index (κ1) is 15.0. The molecule has 7 heteroatoms. The van der Waals surface area contributed by atoms with Gasteiger partial charge in [0.25, 0.3) is 0 Å². The molecule has 0 aliphatic carbocycles. The third kappa shape index (κ3) is 3.39. The lowest BCUT2D eigenvalue weighted by Crippen LogP contribution is -2.13. The van der Waals surface area contributed by atoms with Crippen LogP contribution in [0.5, 0.6) is 0 Å². The minimum absolute atomic E-state index is 0.634. The van der Waals surface area contributed by atoms with Crippen LogP contribution in [0, 0.1) is 0 Å². The van der Waals surface area contributed by atoms with Gasteiger partial charge in [-0.3, -0.25) is 0 Å². The van der Waals surface area contributed by atoms with Crippen LogP contribution in [0.15, 0.2) is 29.0 Å². The lowest BCUT2D eigenvalue weighted by Gasteiger charge is -2.14. The van der Waals surface area contributed by atoms with E-state index < -0.39 is 0 Å². The van der Waals surface area contributed by atoms with E-state index in [-0.39, 0.29) is 0 Å². The molecule has 106 valence electrons. The number of hydrazine groups is 1. The van der Waals surface area contributed by atoms with Gasteiger partial charge in [0.15, 0.2) is 0 Å². The Kier molecular flexibility index (Phi) is 5.17. The molecular weight excluding hydrogens is 342 g/mol. The number of hydrogen-bond acceptors (Lipinski definition) is 5. The summed E-state index contributed by atoms with van der Waals surface area (Å²) in [5.74, 6) is 6.87. The quantitative estimate of drug-likeness (QED) is 0.560. The van der Waals surface area contributed by atoms with E-state index in [0.29, 0.717) is 10.8 Å². The molecule has 0 aliphatic heterocycles. The zero-order valence-electron chi connectivity index (χ0n) is 11.0. The standard InChI is InChI=1S/C13H15BrClN5/c1-2-3-9-12(17-7-18-13(9)20-16)19-11-5-4-8(15)6-10(11)14/h4-7H,2-3,16H2,1H3,(H2,17,18,19,20). The van der Waals surface area contributed by atoms with E-state index in [1.807, 2.05) is 18.2 Å². The maximum Gasteiger partial charge on any atom is 0.148 e. The average Bonchev–Trinajstić information content (AvgIpc) is 2.43. The molecular formula is C13H15BrClN5. The monoisotopic (exact) mass is 355 g/mol. The highest BCUT2D eigenvalue weighted by atomic mass is 79.9. The zero-order valence-corrected chi connectivity index (χ0v) is 13.3. The minimum Gasteiger partial charge on any atom is -0.339 e. The van der Waals surface area contributed by atoms with Gasteiger partial charge < -0.3 is 10.7 Å². The summed E-state index contributed by atoms with van der Waals surface area (Å²) < 4.78 is 0.869. The maximum absolute atomic E-state index is 5.94. The molecule has 2 rings (SSSR count). The van der Waals surface area contributed by atoms with Crippen LogP contribution >= 0.6 is 27.5 Å². The van der Waals surface area contributed by atoms with Crippen molar-refractivity contribution in [3.8, 4) is 0 Å². The topological polar surface area (TPSA) is 75.9 Å². The summed E-state index contributed by atoms with van der Waals surface area (Å²) >= 11 is 9.41. The number of halogens is 2. The molecule has 1 aromatic carbocycles. The van der Waals surface area contributed by atoms with Gasteiger partial charge in [-0.2, -0.15) is 0 Å². The summed E-state index contributed by atoms with van der Waals surface area (Å²) in [5.41, 5.74) is 4.45. The average molecular weight is 357 g/mol. The highest BCUT2D eigenvalue weighted by Gasteiger charge is 2.11. The summed E-state index contributed by atoms with van der Waals surface area (Å²) in [6.45, 7) is 2.09. The number of hydrogen-bond donors (Lipinski definition) is 3. The van der Waals surface area contributed by atoms with Gasteiger partial charge >= 0.3 is 0 Å². The fourth-order valence-electron chi connectivity index (χ4n) is 1.85. The summed E-state index contributed by atoms with van der Waals surface area (Å²) in [5, 5.41) is 3.94. The van der Waals surface area contributed by atoms with Crippen LogP contribution in [-0.2, 0) is 6.42 Å². The van der Waals surface area contributed by atoms with Gasteiger partial charge in [0, 0.05) is 15.1 Å². The molecule has 0 fully saturated rings. The van der Waals surface area contributed by atoms with E-state index in [0.717, 1.165) is 34.4 Å². The van der Waals surface area contributed by atoms with Crippen LogP contribution in [0.25, 0.3) is 0 Å². The van der Waals surface area contributed by atoms with Gasteiger partial charge in [0.05, 0.1) is 5.69 Å². The Morgan fingerprint density at radius 2 is 2.05 bits per heavy atom. The van der Waals surface area contributed by atoms with Gasteiger partial charge in [0.1, 0.15) is 18.0 Å². The van der Waals surface area contributed by atoms with E-state index in [2.05, 4.69) is 43.6 Å². The molecule has 0 bridgehead atoms. The first-order valence-corrected chi connectivity index (χ1v) is 7.35. The van der Waals surface area contributed by atoms with Crippen LogP contribution in [0.4, 0.5) is 17.3 Å². The molecule has 0 spiro atoms. The van der Waals surface area contributed by atoms with Gasteiger partial charge in [-0.05, 0) is 40.5 Å².